The van der Waals surface area contributed by atoms with E-state index in [-0.39, 0.29) is 24.7 Å². The first-order chi connectivity index (χ1) is 13.0. The van der Waals surface area contributed by atoms with Gasteiger partial charge in [-0.3, -0.25) is 9.69 Å². The normalized spacial score (nSPS) is 25.6. The molecule has 0 spiro atoms. The number of nitrogens with one attached hydrogen (secondary N) is 1. The first kappa shape index (κ1) is 19.6. The molecular weight excluding hydrogens is 346 g/mol. The van der Waals surface area contributed by atoms with Gasteiger partial charge in [0, 0.05) is 31.6 Å². The largest absolute Gasteiger partial charge is 0.480 e. The summed E-state index contributed by atoms with van der Waals surface area (Å²) in [5, 5.41) is 12.1. The Morgan fingerprint density at radius 1 is 1.30 bits per heavy atom. The molecule has 1 aliphatic heterocycles. The quantitative estimate of drug-likeness (QED) is 0.792. The van der Waals surface area contributed by atoms with Crippen molar-refractivity contribution in [1.29, 1.82) is 0 Å². The van der Waals surface area contributed by atoms with Crippen molar-refractivity contribution in [3.05, 3.63) is 35.9 Å². The highest BCUT2D eigenvalue weighted by Crippen LogP contribution is 2.34. The zero-order valence-corrected chi connectivity index (χ0v) is 15.8. The molecule has 148 valence electrons. The highest BCUT2D eigenvalue weighted by Gasteiger charge is 2.32. The van der Waals surface area contributed by atoms with Crippen molar-refractivity contribution in [2.75, 3.05) is 39.8 Å². The molecule has 1 heterocycles. The van der Waals surface area contributed by atoms with Crippen molar-refractivity contribution in [1.82, 2.24) is 15.1 Å². The summed E-state index contributed by atoms with van der Waals surface area (Å²) in [5.74, 6) is -0.496. The highest BCUT2D eigenvalue weighted by atomic mass is 16.5. The lowest BCUT2D eigenvalue weighted by molar-refractivity contribution is -0.138. The summed E-state index contributed by atoms with van der Waals surface area (Å²) in [6.45, 7) is 1.98. The zero-order chi connectivity index (χ0) is 19.2. The number of morpholine rings is 1. The SMILES string of the molecule is CN(CC(=O)O)CC1CN(C(=O)NC2CCCC2c2ccccc2)CCO1. The van der Waals surface area contributed by atoms with Crippen molar-refractivity contribution >= 4 is 12.0 Å². The molecule has 0 radical (unpaired) electrons. The highest BCUT2D eigenvalue weighted by molar-refractivity contribution is 5.75. The molecule has 2 N–H and O–H groups in total. The van der Waals surface area contributed by atoms with Crippen molar-refractivity contribution in [3.63, 3.8) is 0 Å². The number of urea groups is 1. The maximum absolute atomic E-state index is 12.8. The van der Waals surface area contributed by atoms with E-state index in [0.29, 0.717) is 32.2 Å². The van der Waals surface area contributed by atoms with Crippen molar-refractivity contribution in [2.24, 2.45) is 0 Å². The van der Waals surface area contributed by atoms with E-state index >= 15 is 0 Å². The number of hydrogen-bond acceptors (Lipinski definition) is 4. The predicted molar refractivity (Wildman–Crippen MR) is 102 cm³/mol. The van der Waals surface area contributed by atoms with Gasteiger partial charge in [-0.2, -0.15) is 0 Å². The van der Waals surface area contributed by atoms with Gasteiger partial charge in [-0.25, -0.2) is 4.79 Å². The molecule has 2 amide bonds. The van der Waals surface area contributed by atoms with E-state index in [4.69, 9.17) is 9.84 Å². The number of rotatable bonds is 6. The summed E-state index contributed by atoms with van der Waals surface area (Å²) >= 11 is 0. The molecule has 2 aliphatic rings. The Kier molecular flexibility index (Phi) is 6.68. The van der Waals surface area contributed by atoms with Gasteiger partial charge < -0.3 is 20.1 Å². The van der Waals surface area contributed by atoms with Crippen LogP contribution in [0.4, 0.5) is 4.79 Å². The number of carbonyl (C=O) groups is 2. The van der Waals surface area contributed by atoms with E-state index in [2.05, 4.69) is 17.4 Å². The van der Waals surface area contributed by atoms with Crippen LogP contribution >= 0.6 is 0 Å². The molecule has 7 nitrogen and oxygen atoms in total. The standard InChI is InChI=1S/C20H29N3O4/c1-22(14-19(24)25)12-16-13-23(10-11-27-16)20(26)21-18-9-5-8-17(18)15-6-3-2-4-7-15/h2-4,6-7,16-18H,5,8-14H2,1H3,(H,21,26)(H,24,25). The molecule has 3 rings (SSSR count). The Bertz CT molecular complexity index is 639. The molecule has 3 atom stereocenters. The summed E-state index contributed by atoms with van der Waals surface area (Å²) in [4.78, 5) is 27.1. The Morgan fingerprint density at radius 3 is 2.81 bits per heavy atom. The molecule has 1 aliphatic carbocycles. The van der Waals surface area contributed by atoms with Crippen molar-refractivity contribution < 1.29 is 19.4 Å². The number of likely N-dealkylation sites (N-methyl/N-ethyl adjacent to an activating group) is 1. The third-order valence-electron chi connectivity index (χ3n) is 5.40. The minimum atomic E-state index is -0.865. The minimum absolute atomic E-state index is 0.0348. The van der Waals surface area contributed by atoms with Crippen LogP contribution in [0.25, 0.3) is 0 Å². The topological polar surface area (TPSA) is 82.1 Å². The molecule has 1 aromatic rings. The molecular formula is C20H29N3O4. The molecule has 0 bridgehead atoms. The fourth-order valence-corrected chi connectivity index (χ4v) is 4.14. The van der Waals surface area contributed by atoms with Crippen LogP contribution < -0.4 is 5.32 Å². The van der Waals surface area contributed by atoms with Crippen LogP contribution in [0.1, 0.15) is 30.7 Å². The summed E-state index contributed by atoms with van der Waals surface area (Å²) in [7, 11) is 1.75. The summed E-state index contributed by atoms with van der Waals surface area (Å²) in [6.07, 6.45) is 3.06. The van der Waals surface area contributed by atoms with Crippen LogP contribution in [0.5, 0.6) is 0 Å². The molecule has 1 saturated heterocycles. The smallest absolute Gasteiger partial charge is 0.317 e. The Morgan fingerprint density at radius 2 is 2.07 bits per heavy atom. The Hall–Kier alpha value is -2.12. The van der Waals surface area contributed by atoms with E-state index < -0.39 is 5.97 Å². The summed E-state index contributed by atoms with van der Waals surface area (Å²) in [6, 6.07) is 10.5. The molecule has 1 saturated carbocycles. The zero-order valence-electron chi connectivity index (χ0n) is 15.8. The molecule has 1 aromatic carbocycles. The van der Waals surface area contributed by atoms with Gasteiger partial charge in [0.15, 0.2) is 0 Å². The fourth-order valence-electron chi connectivity index (χ4n) is 4.14. The van der Waals surface area contributed by atoms with Gasteiger partial charge in [-0.05, 0) is 25.5 Å². The molecule has 0 aromatic heterocycles. The van der Waals surface area contributed by atoms with Gasteiger partial charge >= 0.3 is 12.0 Å². The van der Waals surface area contributed by atoms with Crippen molar-refractivity contribution in [3.8, 4) is 0 Å². The van der Waals surface area contributed by atoms with E-state index in [1.807, 2.05) is 18.2 Å². The van der Waals surface area contributed by atoms with E-state index in [1.165, 1.54) is 5.56 Å². The summed E-state index contributed by atoms with van der Waals surface area (Å²) < 4.78 is 5.71. The number of benzene rings is 1. The van der Waals surface area contributed by atoms with Crippen LogP contribution in [0.2, 0.25) is 0 Å². The third kappa shape index (κ3) is 5.43. The first-order valence-corrected chi connectivity index (χ1v) is 9.65. The van der Waals surface area contributed by atoms with E-state index in [9.17, 15) is 9.59 Å². The second-order valence-corrected chi connectivity index (χ2v) is 7.53. The second-order valence-electron chi connectivity index (χ2n) is 7.53. The minimum Gasteiger partial charge on any atom is -0.480 e. The Labute approximate surface area is 160 Å². The molecule has 2 fully saturated rings. The maximum atomic E-state index is 12.8. The lowest BCUT2D eigenvalue weighted by atomic mass is 9.94. The maximum Gasteiger partial charge on any atom is 0.317 e. The summed E-state index contributed by atoms with van der Waals surface area (Å²) in [5.41, 5.74) is 1.29. The van der Waals surface area contributed by atoms with Gasteiger partial charge in [-0.1, -0.05) is 36.8 Å². The first-order valence-electron chi connectivity index (χ1n) is 9.65. The lowest BCUT2D eigenvalue weighted by Crippen LogP contribution is -2.54. The van der Waals surface area contributed by atoms with Crippen molar-refractivity contribution in [2.45, 2.75) is 37.3 Å². The average Bonchev–Trinajstić information content (AvgIpc) is 3.10. The van der Waals surface area contributed by atoms with Gasteiger partial charge in [0.1, 0.15) is 0 Å². The number of carbonyl (C=O) groups excluding carboxylic acids is 1. The van der Waals surface area contributed by atoms with Crippen LogP contribution in [0.3, 0.4) is 0 Å². The van der Waals surface area contributed by atoms with Gasteiger partial charge in [0.05, 0.1) is 19.3 Å². The Balaban J connectivity index is 1.53. The number of carboxylic acid groups (broad SMARTS) is 1. The fraction of sp³-hybridized carbons (Fsp3) is 0.600. The number of amides is 2. The average molecular weight is 375 g/mol. The van der Waals surface area contributed by atoms with Gasteiger partial charge in [0.2, 0.25) is 0 Å². The van der Waals surface area contributed by atoms with Crippen LogP contribution in [0.15, 0.2) is 30.3 Å². The van der Waals surface area contributed by atoms with Crippen LogP contribution in [-0.4, -0.2) is 78.9 Å². The van der Waals surface area contributed by atoms with Crippen LogP contribution in [-0.2, 0) is 9.53 Å². The number of ether oxygens (including phenoxy) is 1. The van der Waals surface area contributed by atoms with E-state index in [0.717, 1.165) is 19.3 Å². The molecule has 3 unspecified atom stereocenters. The number of nitrogens with zero attached hydrogens (tertiary/aromatic N) is 2. The molecule has 7 heteroatoms. The third-order valence-corrected chi connectivity index (χ3v) is 5.40. The van der Waals surface area contributed by atoms with Crippen LogP contribution in [0, 0.1) is 0 Å². The monoisotopic (exact) mass is 375 g/mol. The predicted octanol–water partition coefficient (Wildman–Crippen LogP) is 1.75. The molecule has 27 heavy (non-hydrogen) atoms. The van der Waals surface area contributed by atoms with Gasteiger partial charge in [-0.15, -0.1) is 0 Å². The number of carboxylic acids is 1. The number of aliphatic carboxylic acids is 1. The van der Waals surface area contributed by atoms with Gasteiger partial charge in [0.25, 0.3) is 0 Å². The number of hydrogen-bond donors (Lipinski definition) is 2. The lowest BCUT2D eigenvalue weighted by Gasteiger charge is -2.35. The van der Waals surface area contributed by atoms with E-state index in [1.54, 1.807) is 16.8 Å². The second kappa shape index (κ2) is 9.19.